The van der Waals surface area contributed by atoms with E-state index in [1.807, 2.05) is 6.07 Å². The van der Waals surface area contributed by atoms with E-state index in [-0.39, 0.29) is 24.1 Å². The Hall–Kier alpha value is -4.38. The molecule has 0 spiro atoms. The van der Waals surface area contributed by atoms with Crippen molar-refractivity contribution in [2.24, 2.45) is 0 Å². The molecule has 0 bridgehead atoms. The van der Waals surface area contributed by atoms with Gasteiger partial charge in [-0.25, -0.2) is 14.8 Å². The predicted octanol–water partition coefficient (Wildman–Crippen LogP) is 5.36. The number of aromatic amines is 1. The summed E-state index contributed by atoms with van der Waals surface area (Å²) in [6.45, 7) is 1.46. The molecule has 8 nitrogen and oxygen atoms in total. The number of hydrogen-bond donors (Lipinski definition) is 4. The SMILES string of the molecule is Cc1cnc(Nc2cccc(C(F)(F)F)c2)nc1-c1c[nH]c(OC(=O)NC(CO)c2ccccc2)c1. The van der Waals surface area contributed by atoms with E-state index < -0.39 is 23.9 Å². The number of aliphatic hydroxyl groups is 1. The number of hydrogen-bond acceptors (Lipinski definition) is 6. The van der Waals surface area contributed by atoms with E-state index in [1.54, 1.807) is 43.5 Å². The second kappa shape index (κ2) is 10.5. The minimum atomic E-state index is -4.47. The molecule has 2 aromatic heterocycles. The van der Waals surface area contributed by atoms with Crippen LogP contribution in [-0.4, -0.2) is 32.8 Å². The Bertz CT molecular complexity index is 1340. The van der Waals surface area contributed by atoms with Gasteiger partial charge in [0, 0.05) is 29.7 Å². The van der Waals surface area contributed by atoms with Crippen molar-refractivity contribution >= 4 is 17.7 Å². The van der Waals surface area contributed by atoms with Gasteiger partial charge in [-0.2, -0.15) is 13.2 Å². The number of rotatable bonds is 7. The molecule has 186 valence electrons. The maximum Gasteiger partial charge on any atom is 0.416 e. The lowest BCUT2D eigenvalue weighted by Crippen LogP contribution is -2.33. The standard InChI is InChI=1S/C25H22F3N5O3/c1-15-12-30-23(31-19-9-5-8-18(11-19)25(26,27)28)33-22(15)17-10-21(29-13-17)36-24(35)32-20(14-34)16-6-3-2-4-7-16/h2-13,20,29,34H,14H2,1H3,(H,32,35)(H,30,31,33). The third-order valence-electron chi connectivity index (χ3n) is 5.23. The Kier molecular flexibility index (Phi) is 7.20. The van der Waals surface area contributed by atoms with Crippen molar-refractivity contribution in [1.29, 1.82) is 0 Å². The highest BCUT2D eigenvalue weighted by molar-refractivity contribution is 5.72. The summed E-state index contributed by atoms with van der Waals surface area (Å²) in [7, 11) is 0. The molecule has 0 saturated carbocycles. The van der Waals surface area contributed by atoms with E-state index in [2.05, 4.69) is 25.6 Å². The summed E-state index contributed by atoms with van der Waals surface area (Å²) in [6, 6.07) is 14.6. The van der Waals surface area contributed by atoms with Gasteiger partial charge in [0.05, 0.1) is 23.9 Å². The maximum absolute atomic E-state index is 13.0. The van der Waals surface area contributed by atoms with Crippen LogP contribution in [0.3, 0.4) is 0 Å². The largest absolute Gasteiger partial charge is 0.416 e. The monoisotopic (exact) mass is 497 g/mol. The fraction of sp³-hybridized carbons (Fsp3) is 0.160. The lowest BCUT2D eigenvalue weighted by molar-refractivity contribution is -0.137. The number of amides is 1. The van der Waals surface area contributed by atoms with Crippen molar-refractivity contribution in [3.8, 4) is 17.1 Å². The van der Waals surface area contributed by atoms with E-state index in [9.17, 15) is 23.1 Å². The molecule has 0 fully saturated rings. The summed E-state index contributed by atoms with van der Waals surface area (Å²) in [4.78, 5) is 23.7. The molecule has 0 radical (unpaired) electrons. The molecule has 11 heteroatoms. The van der Waals surface area contributed by atoms with E-state index in [4.69, 9.17) is 4.74 Å². The van der Waals surface area contributed by atoms with Gasteiger partial charge in [0.25, 0.3) is 0 Å². The number of anilines is 2. The summed E-state index contributed by atoms with van der Waals surface area (Å²) in [6.07, 6.45) is -2.13. The normalized spacial score (nSPS) is 12.1. The average molecular weight is 497 g/mol. The van der Waals surface area contributed by atoms with Gasteiger partial charge >= 0.3 is 12.3 Å². The van der Waals surface area contributed by atoms with Crippen molar-refractivity contribution in [1.82, 2.24) is 20.3 Å². The van der Waals surface area contributed by atoms with Gasteiger partial charge in [0.15, 0.2) is 0 Å². The zero-order valence-electron chi connectivity index (χ0n) is 19.0. The molecular formula is C25H22F3N5O3. The van der Waals surface area contributed by atoms with Crippen LogP contribution in [-0.2, 0) is 6.18 Å². The summed E-state index contributed by atoms with van der Waals surface area (Å²) < 4.78 is 44.3. The summed E-state index contributed by atoms with van der Waals surface area (Å²) in [5.41, 5.74) is 1.88. The van der Waals surface area contributed by atoms with Crippen molar-refractivity contribution in [2.75, 3.05) is 11.9 Å². The number of aryl methyl sites for hydroxylation is 1. The quantitative estimate of drug-likeness (QED) is 0.273. The first kappa shape index (κ1) is 24.7. The molecule has 0 aliphatic heterocycles. The lowest BCUT2D eigenvalue weighted by Gasteiger charge is -2.15. The minimum Gasteiger partial charge on any atom is -0.394 e. The van der Waals surface area contributed by atoms with Gasteiger partial charge < -0.3 is 25.5 Å². The Morgan fingerprint density at radius 2 is 1.92 bits per heavy atom. The van der Waals surface area contributed by atoms with Crippen LogP contribution in [0, 0.1) is 6.92 Å². The average Bonchev–Trinajstić information content (AvgIpc) is 3.32. The number of H-pyrrole nitrogens is 1. The van der Waals surface area contributed by atoms with Crippen molar-refractivity contribution in [3.05, 3.63) is 89.7 Å². The molecule has 2 heterocycles. The molecule has 0 aliphatic rings. The topological polar surface area (TPSA) is 112 Å². The number of benzene rings is 2. The molecule has 4 aromatic rings. The van der Waals surface area contributed by atoms with Gasteiger partial charge in [-0.1, -0.05) is 36.4 Å². The van der Waals surface area contributed by atoms with Gasteiger partial charge in [0.2, 0.25) is 11.8 Å². The van der Waals surface area contributed by atoms with Gasteiger partial charge in [-0.15, -0.1) is 0 Å². The highest BCUT2D eigenvalue weighted by Crippen LogP contribution is 2.31. The summed E-state index contributed by atoms with van der Waals surface area (Å²) >= 11 is 0. The van der Waals surface area contributed by atoms with Crippen LogP contribution in [0.2, 0.25) is 0 Å². The number of aliphatic hydroxyl groups excluding tert-OH is 1. The molecular weight excluding hydrogens is 475 g/mol. The smallest absolute Gasteiger partial charge is 0.394 e. The Morgan fingerprint density at radius 3 is 2.64 bits per heavy atom. The number of nitrogens with zero attached hydrogens (tertiary/aromatic N) is 2. The molecule has 1 amide bonds. The van der Waals surface area contributed by atoms with Crippen LogP contribution in [0.5, 0.6) is 5.88 Å². The third kappa shape index (κ3) is 5.99. The zero-order valence-corrected chi connectivity index (χ0v) is 19.0. The number of carbonyl (C=O) groups excluding carboxylic acids is 1. The molecule has 0 saturated heterocycles. The predicted molar refractivity (Wildman–Crippen MR) is 127 cm³/mol. The Labute approximate surface area is 204 Å². The van der Waals surface area contributed by atoms with E-state index >= 15 is 0 Å². The van der Waals surface area contributed by atoms with Gasteiger partial charge in [0.1, 0.15) is 0 Å². The van der Waals surface area contributed by atoms with Crippen LogP contribution in [0.15, 0.2) is 73.1 Å². The third-order valence-corrected chi connectivity index (χ3v) is 5.23. The van der Waals surface area contributed by atoms with Crippen LogP contribution < -0.4 is 15.4 Å². The van der Waals surface area contributed by atoms with E-state index in [0.717, 1.165) is 17.7 Å². The Morgan fingerprint density at radius 1 is 1.14 bits per heavy atom. The van der Waals surface area contributed by atoms with Crippen LogP contribution >= 0.6 is 0 Å². The Balaban J connectivity index is 1.47. The van der Waals surface area contributed by atoms with Gasteiger partial charge in [-0.05, 0) is 36.2 Å². The highest BCUT2D eigenvalue weighted by atomic mass is 19.4. The number of aromatic nitrogens is 3. The lowest BCUT2D eigenvalue weighted by atomic mass is 10.1. The fourth-order valence-corrected chi connectivity index (χ4v) is 3.46. The summed E-state index contributed by atoms with van der Waals surface area (Å²) in [5.74, 6) is 0.239. The molecule has 1 atom stereocenters. The van der Waals surface area contributed by atoms with Crippen molar-refractivity contribution in [2.45, 2.75) is 19.1 Å². The first-order valence-corrected chi connectivity index (χ1v) is 10.8. The number of carbonyl (C=O) groups is 1. The highest BCUT2D eigenvalue weighted by Gasteiger charge is 2.30. The zero-order chi connectivity index (χ0) is 25.7. The van der Waals surface area contributed by atoms with Crippen molar-refractivity contribution in [3.63, 3.8) is 0 Å². The number of halogens is 3. The van der Waals surface area contributed by atoms with Crippen LogP contribution in [0.1, 0.15) is 22.7 Å². The maximum atomic E-state index is 13.0. The summed E-state index contributed by atoms with van der Waals surface area (Å²) in [5, 5.41) is 15.0. The molecule has 4 rings (SSSR count). The number of alkyl halides is 3. The molecule has 1 unspecified atom stereocenters. The number of ether oxygens (including phenoxy) is 1. The minimum absolute atomic E-state index is 0.102. The van der Waals surface area contributed by atoms with E-state index in [1.165, 1.54) is 18.3 Å². The molecule has 4 N–H and O–H groups in total. The van der Waals surface area contributed by atoms with Crippen LogP contribution in [0.4, 0.5) is 29.6 Å². The first-order valence-electron chi connectivity index (χ1n) is 10.8. The van der Waals surface area contributed by atoms with Gasteiger partial charge in [-0.3, -0.25) is 0 Å². The van der Waals surface area contributed by atoms with Crippen LogP contribution in [0.25, 0.3) is 11.3 Å². The molecule has 0 aliphatic carbocycles. The first-order chi connectivity index (χ1) is 17.2. The van der Waals surface area contributed by atoms with Crippen molar-refractivity contribution < 1.29 is 27.8 Å². The molecule has 36 heavy (non-hydrogen) atoms. The number of nitrogens with one attached hydrogen (secondary N) is 3. The fourth-order valence-electron chi connectivity index (χ4n) is 3.46. The van der Waals surface area contributed by atoms with E-state index in [0.29, 0.717) is 16.8 Å². The second-order valence-corrected chi connectivity index (χ2v) is 7.86. The second-order valence-electron chi connectivity index (χ2n) is 7.86. The molecule has 2 aromatic carbocycles.